The predicted molar refractivity (Wildman–Crippen MR) is 67.9 cm³/mol. The maximum Gasteiger partial charge on any atom is 0.151 e. The third-order valence-corrected chi connectivity index (χ3v) is 3.25. The maximum absolute atomic E-state index is 10.5. The van der Waals surface area contributed by atoms with E-state index in [1.54, 1.807) is 12.1 Å². The van der Waals surface area contributed by atoms with Crippen LogP contribution < -0.4 is 4.90 Å². The molecule has 1 N–H and O–H groups in total. The van der Waals surface area contributed by atoms with Gasteiger partial charge in [-0.3, -0.25) is 4.79 Å². The molecule has 0 saturated carbocycles. The van der Waals surface area contributed by atoms with Gasteiger partial charge < -0.3 is 14.7 Å². The van der Waals surface area contributed by atoms with Gasteiger partial charge in [0.05, 0.1) is 5.60 Å². The Morgan fingerprint density at radius 3 is 2.78 bits per heavy atom. The molecule has 1 aromatic rings. The molecule has 0 unspecified atom stereocenters. The minimum atomic E-state index is -0.710. The SMILES string of the molecule is CN(CC1(O)CCOCC1)c1ccc(C=O)cn1. The number of likely N-dealkylation sites (N-methyl/N-ethyl adjacent to an activating group) is 1. The molecule has 0 aromatic carbocycles. The van der Waals surface area contributed by atoms with E-state index in [0.717, 1.165) is 12.1 Å². The molecule has 0 spiro atoms. The number of hydrogen-bond acceptors (Lipinski definition) is 5. The van der Waals surface area contributed by atoms with Gasteiger partial charge in [0.15, 0.2) is 6.29 Å². The lowest BCUT2D eigenvalue weighted by Gasteiger charge is -2.35. The minimum absolute atomic E-state index is 0.518. The van der Waals surface area contributed by atoms with Crippen LogP contribution >= 0.6 is 0 Å². The third-order valence-electron chi connectivity index (χ3n) is 3.25. The molecule has 1 aliphatic heterocycles. The normalized spacial score (nSPS) is 18.3. The van der Waals surface area contributed by atoms with Crippen LogP contribution in [0.15, 0.2) is 18.3 Å². The Kier molecular flexibility index (Phi) is 3.93. The molecule has 0 radical (unpaired) electrons. The summed E-state index contributed by atoms with van der Waals surface area (Å²) in [4.78, 5) is 16.6. The van der Waals surface area contributed by atoms with Gasteiger partial charge in [0, 0.05) is 51.4 Å². The van der Waals surface area contributed by atoms with Gasteiger partial charge in [0.1, 0.15) is 5.82 Å². The fraction of sp³-hybridized carbons (Fsp3) is 0.538. The number of carbonyl (C=O) groups excluding carboxylic acids is 1. The fourth-order valence-electron chi connectivity index (χ4n) is 2.12. The number of nitrogens with zero attached hydrogens (tertiary/aromatic N) is 2. The Balaban J connectivity index is 2.01. The zero-order valence-electron chi connectivity index (χ0n) is 10.5. The van der Waals surface area contributed by atoms with Crippen molar-refractivity contribution < 1.29 is 14.6 Å². The molecule has 1 fully saturated rings. The number of aldehydes is 1. The number of hydrogen-bond donors (Lipinski definition) is 1. The molecule has 2 rings (SSSR count). The summed E-state index contributed by atoms with van der Waals surface area (Å²) in [6, 6.07) is 3.51. The van der Waals surface area contributed by atoms with Gasteiger partial charge in [0.25, 0.3) is 0 Å². The van der Waals surface area contributed by atoms with E-state index in [2.05, 4.69) is 4.98 Å². The maximum atomic E-state index is 10.5. The van der Waals surface area contributed by atoms with E-state index in [1.807, 2.05) is 11.9 Å². The Morgan fingerprint density at radius 1 is 1.50 bits per heavy atom. The highest BCUT2D eigenvalue weighted by Crippen LogP contribution is 2.23. The van der Waals surface area contributed by atoms with Crippen molar-refractivity contribution in [3.8, 4) is 0 Å². The number of ether oxygens (including phenoxy) is 1. The van der Waals surface area contributed by atoms with Crippen molar-refractivity contribution >= 4 is 12.1 Å². The quantitative estimate of drug-likeness (QED) is 0.803. The molecule has 1 aromatic heterocycles. The van der Waals surface area contributed by atoms with Crippen molar-refractivity contribution in [3.05, 3.63) is 23.9 Å². The average molecular weight is 250 g/mol. The summed E-state index contributed by atoms with van der Waals surface area (Å²) in [5.74, 6) is 0.750. The third kappa shape index (κ3) is 3.05. The smallest absolute Gasteiger partial charge is 0.151 e. The van der Waals surface area contributed by atoms with Gasteiger partial charge >= 0.3 is 0 Å². The van der Waals surface area contributed by atoms with Crippen LogP contribution in [0.5, 0.6) is 0 Å². The lowest BCUT2D eigenvalue weighted by molar-refractivity contribution is -0.0573. The number of anilines is 1. The van der Waals surface area contributed by atoms with E-state index in [1.165, 1.54) is 6.20 Å². The highest BCUT2D eigenvalue weighted by atomic mass is 16.5. The first-order valence-electron chi connectivity index (χ1n) is 6.05. The highest BCUT2D eigenvalue weighted by Gasteiger charge is 2.31. The Labute approximate surface area is 106 Å². The first kappa shape index (κ1) is 13.0. The molecule has 0 aliphatic carbocycles. The topological polar surface area (TPSA) is 62.7 Å². The fourth-order valence-corrected chi connectivity index (χ4v) is 2.12. The highest BCUT2D eigenvalue weighted by molar-refractivity contribution is 5.74. The van der Waals surface area contributed by atoms with Crippen LogP contribution in [0.25, 0.3) is 0 Å². The van der Waals surface area contributed by atoms with Crippen molar-refractivity contribution in [1.29, 1.82) is 0 Å². The van der Waals surface area contributed by atoms with Crippen LogP contribution in [0.1, 0.15) is 23.2 Å². The van der Waals surface area contributed by atoms with Crippen LogP contribution in [-0.2, 0) is 4.74 Å². The summed E-state index contributed by atoms with van der Waals surface area (Å²) in [6.45, 7) is 1.72. The summed E-state index contributed by atoms with van der Waals surface area (Å²) in [5, 5.41) is 10.4. The number of aromatic nitrogens is 1. The van der Waals surface area contributed by atoms with E-state index in [4.69, 9.17) is 4.74 Å². The van der Waals surface area contributed by atoms with Gasteiger partial charge in [-0.05, 0) is 12.1 Å². The Bertz CT molecular complexity index is 399. The number of rotatable bonds is 4. The Hall–Kier alpha value is -1.46. The van der Waals surface area contributed by atoms with Crippen molar-refractivity contribution in [2.75, 3.05) is 31.7 Å². The molecule has 2 heterocycles. The molecule has 0 bridgehead atoms. The van der Waals surface area contributed by atoms with E-state index in [0.29, 0.717) is 38.2 Å². The first-order valence-corrected chi connectivity index (χ1v) is 6.05. The van der Waals surface area contributed by atoms with E-state index < -0.39 is 5.60 Å². The zero-order chi connectivity index (χ0) is 13.0. The molecular formula is C13H18N2O3. The zero-order valence-corrected chi connectivity index (χ0v) is 10.5. The van der Waals surface area contributed by atoms with Crippen molar-refractivity contribution in [2.45, 2.75) is 18.4 Å². The van der Waals surface area contributed by atoms with E-state index in [9.17, 15) is 9.90 Å². The van der Waals surface area contributed by atoms with Crippen LogP contribution in [-0.4, -0.2) is 48.8 Å². The van der Waals surface area contributed by atoms with E-state index in [-0.39, 0.29) is 0 Å². The molecule has 5 nitrogen and oxygen atoms in total. The van der Waals surface area contributed by atoms with Crippen LogP contribution in [0.3, 0.4) is 0 Å². The van der Waals surface area contributed by atoms with Crippen molar-refractivity contribution in [3.63, 3.8) is 0 Å². The second-order valence-electron chi connectivity index (χ2n) is 4.76. The second-order valence-corrected chi connectivity index (χ2v) is 4.76. The lowest BCUT2D eigenvalue weighted by atomic mass is 9.94. The molecule has 18 heavy (non-hydrogen) atoms. The van der Waals surface area contributed by atoms with Crippen molar-refractivity contribution in [2.24, 2.45) is 0 Å². The summed E-state index contributed by atoms with van der Waals surface area (Å²) in [6.07, 6.45) is 3.59. The van der Waals surface area contributed by atoms with Gasteiger partial charge in [0.2, 0.25) is 0 Å². The monoisotopic (exact) mass is 250 g/mol. The van der Waals surface area contributed by atoms with Gasteiger partial charge in [-0.2, -0.15) is 0 Å². The number of pyridine rings is 1. The largest absolute Gasteiger partial charge is 0.388 e. The molecule has 1 saturated heterocycles. The standard InChI is InChI=1S/C13H18N2O3/c1-15(10-13(17)4-6-18-7-5-13)12-3-2-11(9-16)8-14-12/h2-3,8-9,17H,4-7,10H2,1H3. The molecule has 98 valence electrons. The first-order chi connectivity index (χ1) is 8.63. The molecule has 0 atom stereocenters. The lowest BCUT2D eigenvalue weighted by Crippen LogP contribution is -2.46. The van der Waals surface area contributed by atoms with Crippen LogP contribution in [0.2, 0.25) is 0 Å². The van der Waals surface area contributed by atoms with Gasteiger partial charge in [-0.1, -0.05) is 0 Å². The van der Waals surface area contributed by atoms with Crippen molar-refractivity contribution in [1.82, 2.24) is 4.98 Å². The predicted octanol–water partition coefficient (Wildman–Crippen LogP) is 0.872. The summed E-state index contributed by atoms with van der Waals surface area (Å²) in [5.41, 5.74) is -0.158. The van der Waals surface area contributed by atoms with Crippen LogP contribution in [0, 0.1) is 0 Å². The summed E-state index contributed by atoms with van der Waals surface area (Å²) in [7, 11) is 1.89. The van der Waals surface area contributed by atoms with Crippen LogP contribution in [0.4, 0.5) is 5.82 Å². The molecule has 1 aliphatic rings. The molecule has 5 heteroatoms. The molecular weight excluding hydrogens is 232 g/mol. The average Bonchev–Trinajstić information content (AvgIpc) is 2.39. The minimum Gasteiger partial charge on any atom is -0.388 e. The Morgan fingerprint density at radius 2 is 2.22 bits per heavy atom. The van der Waals surface area contributed by atoms with Gasteiger partial charge in [-0.15, -0.1) is 0 Å². The number of carbonyl (C=O) groups is 1. The number of aliphatic hydroxyl groups is 1. The summed E-state index contributed by atoms with van der Waals surface area (Å²) < 4.78 is 5.25. The summed E-state index contributed by atoms with van der Waals surface area (Å²) >= 11 is 0. The van der Waals surface area contributed by atoms with Gasteiger partial charge in [-0.25, -0.2) is 4.98 Å². The molecule has 0 amide bonds. The van der Waals surface area contributed by atoms with E-state index >= 15 is 0 Å². The second kappa shape index (κ2) is 5.46.